The van der Waals surface area contributed by atoms with Gasteiger partial charge < -0.3 is 0 Å². The molecule has 1 heterocycles. The van der Waals surface area contributed by atoms with Gasteiger partial charge in [-0.1, -0.05) is 0 Å². The summed E-state index contributed by atoms with van der Waals surface area (Å²) in [7, 11) is 0. The number of thiophene rings is 1. The molecule has 0 aliphatic rings. The first-order valence-corrected chi connectivity index (χ1v) is 6.84. The fraction of sp³-hybridized carbons (Fsp3) is 0. The Bertz CT molecular complexity index is 595. The van der Waals surface area contributed by atoms with Crippen LogP contribution < -0.4 is 0 Å². The minimum absolute atomic E-state index is 0.120. The van der Waals surface area contributed by atoms with E-state index in [1.54, 1.807) is 6.07 Å². The highest BCUT2D eigenvalue weighted by atomic mass is 79.9. The Labute approximate surface area is 117 Å². The van der Waals surface area contributed by atoms with Gasteiger partial charge in [0.1, 0.15) is 0 Å². The molecular weight excluding hydrogens is 378 g/mol. The maximum absolute atomic E-state index is 13.0. The zero-order valence-corrected chi connectivity index (χ0v) is 12.1. The number of carbonyl (C=O) groups is 1. The van der Waals surface area contributed by atoms with E-state index in [0.717, 1.165) is 15.9 Å². The van der Waals surface area contributed by atoms with Crippen molar-refractivity contribution in [3.05, 3.63) is 54.6 Å². The lowest BCUT2D eigenvalue weighted by Crippen LogP contribution is -2.01. The maximum Gasteiger partial charge on any atom is 0.195 e. The van der Waals surface area contributed by atoms with Gasteiger partial charge in [-0.05, 0) is 56.1 Å². The molecule has 0 spiro atoms. The van der Waals surface area contributed by atoms with Crippen LogP contribution in [0.3, 0.4) is 0 Å². The first-order chi connectivity index (χ1) is 7.99. The predicted octanol–water partition coefficient (Wildman–Crippen LogP) is 4.78. The standard InChI is InChI=1S/C11H4Br2F2OS/c12-9-4-6(11(13)17-9)10(16)5-1-2-7(14)8(15)3-5/h1-4H. The monoisotopic (exact) mass is 380 g/mol. The molecule has 0 atom stereocenters. The van der Waals surface area contributed by atoms with Gasteiger partial charge in [-0.2, -0.15) is 0 Å². The Morgan fingerprint density at radius 1 is 1.12 bits per heavy atom. The molecule has 0 saturated heterocycles. The number of hydrogen-bond donors (Lipinski definition) is 0. The zero-order valence-electron chi connectivity index (χ0n) is 8.14. The SMILES string of the molecule is O=C(c1ccc(F)c(F)c1)c1cc(Br)sc1Br. The van der Waals surface area contributed by atoms with Gasteiger partial charge in [-0.25, -0.2) is 8.78 Å². The Morgan fingerprint density at radius 2 is 1.82 bits per heavy atom. The van der Waals surface area contributed by atoms with E-state index in [0.29, 0.717) is 9.35 Å². The van der Waals surface area contributed by atoms with Gasteiger partial charge >= 0.3 is 0 Å². The average molecular weight is 382 g/mol. The Hall–Kier alpha value is -0.590. The number of benzene rings is 1. The van der Waals surface area contributed by atoms with Gasteiger partial charge in [0.15, 0.2) is 17.4 Å². The molecule has 0 amide bonds. The smallest absolute Gasteiger partial charge is 0.195 e. The van der Waals surface area contributed by atoms with Crippen LogP contribution in [0.15, 0.2) is 31.8 Å². The normalized spacial score (nSPS) is 10.6. The van der Waals surface area contributed by atoms with Gasteiger partial charge in [0.2, 0.25) is 0 Å². The third-order valence-electron chi connectivity index (χ3n) is 2.08. The van der Waals surface area contributed by atoms with E-state index in [1.807, 2.05) is 0 Å². The molecule has 0 fully saturated rings. The molecule has 0 saturated carbocycles. The second-order valence-electron chi connectivity index (χ2n) is 3.20. The molecule has 1 aromatic heterocycles. The fourth-order valence-electron chi connectivity index (χ4n) is 1.29. The van der Waals surface area contributed by atoms with Gasteiger partial charge in [0, 0.05) is 11.1 Å². The van der Waals surface area contributed by atoms with Crippen molar-refractivity contribution in [2.24, 2.45) is 0 Å². The maximum atomic E-state index is 13.0. The lowest BCUT2D eigenvalue weighted by atomic mass is 10.1. The van der Waals surface area contributed by atoms with E-state index >= 15 is 0 Å². The summed E-state index contributed by atoms with van der Waals surface area (Å²) in [5, 5.41) is 0. The van der Waals surface area contributed by atoms with Crippen LogP contribution in [0.25, 0.3) is 0 Å². The summed E-state index contributed by atoms with van der Waals surface area (Å²) in [6.45, 7) is 0. The summed E-state index contributed by atoms with van der Waals surface area (Å²) in [6.07, 6.45) is 0. The highest BCUT2D eigenvalue weighted by Gasteiger charge is 2.17. The molecule has 88 valence electrons. The van der Waals surface area contributed by atoms with Gasteiger partial charge in [0.25, 0.3) is 0 Å². The van der Waals surface area contributed by atoms with Gasteiger partial charge in [-0.3, -0.25) is 4.79 Å². The Balaban J connectivity index is 2.44. The number of hydrogen-bond acceptors (Lipinski definition) is 2. The molecule has 0 radical (unpaired) electrons. The van der Waals surface area contributed by atoms with Crippen LogP contribution in [0.5, 0.6) is 0 Å². The van der Waals surface area contributed by atoms with Crippen molar-refractivity contribution in [3.63, 3.8) is 0 Å². The zero-order chi connectivity index (χ0) is 12.6. The van der Waals surface area contributed by atoms with Gasteiger partial charge in [0.05, 0.1) is 7.57 Å². The summed E-state index contributed by atoms with van der Waals surface area (Å²) >= 11 is 7.84. The van der Waals surface area contributed by atoms with Crippen molar-refractivity contribution in [2.45, 2.75) is 0 Å². The molecule has 0 N–H and O–H groups in total. The van der Waals surface area contributed by atoms with Crippen molar-refractivity contribution >= 4 is 49.0 Å². The van der Waals surface area contributed by atoms with E-state index < -0.39 is 11.6 Å². The van der Waals surface area contributed by atoms with Crippen LogP contribution in [-0.2, 0) is 0 Å². The molecular formula is C11H4Br2F2OS. The summed E-state index contributed by atoms with van der Waals surface area (Å²) in [5.74, 6) is -2.34. The molecule has 0 bridgehead atoms. The van der Waals surface area contributed by atoms with E-state index in [4.69, 9.17) is 0 Å². The van der Waals surface area contributed by atoms with Crippen molar-refractivity contribution in [2.75, 3.05) is 0 Å². The average Bonchev–Trinajstić information content (AvgIpc) is 2.61. The molecule has 2 rings (SSSR count). The number of rotatable bonds is 2. The third-order valence-corrected chi connectivity index (χ3v) is 4.42. The Morgan fingerprint density at radius 3 is 2.35 bits per heavy atom. The van der Waals surface area contributed by atoms with Crippen LogP contribution in [0.2, 0.25) is 0 Å². The van der Waals surface area contributed by atoms with E-state index in [-0.39, 0.29) is 11.3 Å². The predicted molar refractivity (Wildman–Crippen MR) is 69.5 cm³/mol. The van der Waals surface area contributed by atoms with Crippen LogP contribution in [-0.4, -0.2) is 5.78 Å². The second kappa shape index (κ2) is 4.96. The lowest BCUT2D eigenvalue weighted by molar-refractivity contribution is 0.103. The summed E-state index contributed by atoms with van der Waals surface area (Å²) in [4.78, 5) is 12.0. The number of carbonyl (C=O) groups excluding carboxylic acids is 1. The molecule has 0 aliphatic heterocycles. The van der Waals surface area contributed by atoms with E-state index in [1.165, 1.54) is 17.4 Å². The highest BCUT2D eigenvalue weighted by Crippen LogP contribution is 2.33. The fourth-order valence-corrected chi connectivity index (χ4v) is 4.08. The summed E-state index contributed by atoms with van der Waals surface area (Å²) in [6, 6.07) is 4.74. The third kappa shape index (κ3) is 2.64. The largest absolute Gasteiger partial charge is 0.289 e. The van der Waals surface area contributed by atoms with Crippen LogP contribution in [0.4, 0.5) is 8.78 Å². The molecule has 0 unspecified atom stereocenters. The molecule has 2 aromatic rings. The second-order valence-corrected chi connectivity index (χ2v) is 6.95. The summed E-state index contributed by atoms with van der Waals surface area (Å²) in [5.41, 5.74) is 0.544. The quantitative estimate of drug-likeness (QED) is 0.684. The highest BCUT2D eigenvalue weighted by molar-refractivity contribution is 9.12. The first-order valence-electron chi connectivity index (χ1n) is 4.43. The number of ketones is 1. The van der Waals surface area contributed by atoms with Crippen molar-refractivity contribution in [1.29, 1.82) is 0 Å². The van der Waals surface area contributed by atoms with Crippen molar-refractivity contribution in [1.82, 2.24) is 0 Å². The summed E-state index contributed by atoms with van der Waals surface area (Å²) < 4.78 is 27.2. The van der Waals surface area contributed by atoms with Crippen molar-refractivity contribution < 1.29 is 13.6 Å². The molecule has 0 aliphatic carbocycles. The van der Waals surface area contributed by atoms with Crippen LogP contribution in [0.1, 0.15) is 15.9 Å². The molecule has 1 nitrogen and oxygen atoms in total. The van der Waals surface area contributed by atoms with Gasteiger partial charge in [-0.15, -0.1) is 11.3 Å². The Kier molecular flexibility index (Phi) is 3.75. The molecule has 1 aromatic carbocycles. The minimum Gasteiger partial charge on any atom is -0.289 e. The van der Waals surface area contributed by atoms with E-state index in [2.05, 4.69) is 31.9 Å². The van der Waals surface area contributed by atoms with Crippen LogP contribution >= 0.6 is 43.2 Å². The minimum atomic E-state index is -1.03. The lowest BCUT2D eigenvalue weighted by Gasteiger charge is -2.00. The molecule has 17 heavy (non-hydrogen) atoms. The van der Waals surface area contributed by atoms with Crippen molar-refractivity contribution in [3.8, 4) is 0 Å². The number of halogens is 4. The topological polar surface area (TPSA) is 17.1 Å². The van der Waals surface area contributed by atoms with Crippen LogP contribution in [0, 0.1) is 11.6 Å². The first kappa shape index (κ1) is 12.9. The van der Waals surface area contributed by atoms with E-state index in [9.17, 15) is 13.6 Å². The molecule has 6 heteroatoms.